The van der Waals surface area contributed by atoms with Crippen LogP contribution in [0.15, 0.2) is 19.1 Å². The molecule has 4 nitrogen and oxygen atoms in total. The first-order valence-electron chi connectivity index (χ1n) is 3.98. The molecule has 0 aliphatic rings. The highest BCUT2D eigenvalue weighted by Gasteiger charge is 2.10. The summed E-state index contributed by atoms with van der Waals surface area (Å²) in [5, 5.41) is 8.63. The zero-order valence-electron chi connectivity index (χ0n) is 7.69. The molecule has 0 amide bonds. The maximum Gasteiger partial charge on any atom is 0.337 e. The molecule has 1 aromatic heterocycles. The summed E-state index contributed by atoms with van der Waals surface area (Å²) in [7, 11) is 0. The Morgan fingerprint density at radius 1 is 1.69 bits per heavy atom. The van der Waals surface area contributed by atoms with Gasteiger partial charge in [-0.05, 0) is 13.8 Å². The Balaban J connectivity index is 2.92. The third kappa shape index (κ3) is 1.96. The van der Waals surface area contributed by atoms with E-state index in [1.54, 1.807) is 12.5 Å². The summed E-state index contributed by atoms with van der Waals surface area (Å²) in [6, 6.07) is 0.280. The second-order valence-electron chi connectivity index (χ2n) is 3.08. The van der Waals surface area contributed by atoms with E-state index in [2.05, 4.69) is 11.6 Å². The number of hydrogen-bond acceptors (Lipinski definition) is 2. The van der Waals surface area contributed by atoms with Crippen LogP contribution in [0.2, 0.25) is 0 Å². The van der Waals surface area contributed by atoms with Gasteiger partial charge in [-0.1, -0.05) is 6.58 Å². The molecule has 0 saturated heterocycles. The van der Waals surface area contributed by atoms with Gasteiger partial charge in [-0.3, -0.25) is 0 Å². The Kier molecular flexibility index (Phi) is 2.51. The number of aromatic nitrogens is 2. The summed E-state index contributed by atoms with van der Waals surface area (Å²) in [5.41, 5.74) is 0.445. The number of hydrogen-bond donors (Lipinski definition) is 1. The summed E-state index contributed by atoms with van der Waals surface area (Å²) in [6.45, 7) is 7.41. The van der Waals surface area contributed by atoms with Gasteiger partial charge in [0.1, 0.15) is 0 Å². The zero-order valence-corrected chi connectivity index (χ0v) is 7.69. The average Bonchev–Trinajstić information content (AvgIpc) is 2.50. The molecule has 0 aliphatic carbocycles. The van der Waals surface area contributed by atoms with Crippen LogP contribution in [0.1, 0.15) is 25.6 Å². The van der Waals surface area contributed by atoms with E-state index in [1.165, 1.54) is 0 Å². The second-order valence-corrected chi connectivity index (χ2v) is 3.08. The molecule has 0 spiro atoms. The molecule has 1 aromatic rings. The largest absolute Gasteiger partial charge is 0.478 e. The average molecular weight is 180 g/mol. The lowest BCUT2D eigenvalue weighted by Crippen LogP contribution is -1.99. The van der Waals surface area contributed by atoms with Gasteiger partial charge in [-0.15, -0.1) is 0 Å². The lowest BCUT2D eigenvalue weighted by atomic mass is 10.2. The molecule has 0 saturated carbocycles. The summed E-state index contributed by atoms with van der Waals surface area (Å²) in [6.07, 6.45) is 3.29. The SMILES string of the molecule is C=C(C(=O)O)c1cn(C(C)C)cn1. The molecule has 13 heavy (non-hydrogen) atoms. The molecule has 1 heterocycles. The number of carboxylic acid groups (broad SMARTS) is 1. The third-order valence-corrected chi connectivity index (χ3v) is 1.77. The molecule has 0 unspecified atom stereocenters. The van der Waals surface area contributed by atoms with Gasteiger partial charge in [0, 0.05) is 12.2 Å². The van der Waals surface area contributed by atoms with Crippen molar-refractivity contribution in [1.82, 2.24) is 9.55 Å². The van der Waals surface area contributed by atoms with E-state index in [9.17, 15) is 4.79 Å². The number of imidazole rings is 1. The van der Waals surface area contributed by atoms with Crippen molar-refractivity contribution in [3.63, 3.8) is 0 Å². The first-order valence-corrected chi connectivity index (χ1v) is 3.98. The standard InChI is InChI=1S/C9H12N2O2/c1-6(2)11-4-8(10-5-11)7(3)9(12)13/h4-6H,3H2,1-2H3,(H,12,13). The minimum absolute atomic E-state index is 0.0272. The molecule has 70 valence electrons. The fourth-order valence-corrected chi connectivity index (χ4v) is 0.885. The highest BCUT2D eigenvalue weighted by molar-refractivity contribution is 6.13. The van der Waals surface area contributed by atoms with Crippen LogP contribution in [0.25, 0.3) is 5.57 Å². The number of carbonyl (C=O) groups is 1. The van der Waals surface area contributed by atoms with E-state index in [0.29, 0.717) is 5.69 Å². The molecular formula is C9H12N2O2. The van der Waals surface area contributed by atoms with Crippen LogP contribution in [0.3, 0.4) is 0 Å². The molecule has 1 N–H and O–H groups in total. The minimum Gasteiger partial charge on any atom is -0.478 e. The lowest BCUT2D eigenvalue weighted by molar-refractivity contribution is -0.130. The van der Waals surface area contributed by atoms with Gasteiger partial charge in [0.05, 0.1) is 17.6 Å². The second kappa shape index (κ2) is 3.43. The van der Waals surface area contributed by atoms with Crippen LogP contribution in [0.5, 0.6) is 0 Å². The van der Waals surface area contributed by atoms with Gasteiger partial charge in [-0.25, -0.2) is 9.78 Å². The van der Waals surface area contributed by atoms with E-state index in [1.807, 2.05) is 18.4 Å². The summed E-state index contributed by atoms with van der Waals surface area (Å²) in [4.78, 5) is 14.5. The highest BCUT2D eigenvalue weighted by Crippen LogP contribution is 2.12. The molecule has 1 rings (SSSR count). The molecular weight excluding hydrogens is 168 g/mol. The van der Waals surface area contributed by atoms with E-state index in [-0.39, 0.29) is 11.6 Å². The normalized spacial score (nSPS) is 10.4. The first kappa shape index (κ1) is 9.51. The molecule has 0 bridgehead atoms. The molecule has 4 heteroatoms. The van der Waals surface area contributed by atoms with Crippen LogP contribution in [0.4, 0.5) is 0 Å². The maximum absolute atomic E-state index is 10.5. The Morgan fingerprint density at radius 3 is 2.69 bits per heavy atom. The predicted octanol–water partition coefficient (Wildman–Crippen LogP) is 1.56. The van der Waals surface area contributed by atoms with Crippen molar-refractivity contribution in [2.75, 3.05) is 0 Å². The quantitative estimate of drug-likeness (QED) is 0.718. The van der Waals surface area contributed by atoms with Crippen LogP contribution in [0, 0.1) is 0 Å². The van der Waals surface area contributed by atoms with Crippen molar-refractivity contribution in [2.45, 2.75) is 19.9 Å². The van der Waals surface area contributed by atoms with E-state index >= 15 is 0 Å². The molecule has 0 aliphatic heterocycles. The predicted molar refractivity (Wildman–Crippen MR) is 49.3 cm³/mol. The Morgan fingerprint density at radius 2 is 2.31 bits per heavy atom. The van der Waals surface area contributed by atoms with Crippen molar-refractivity contribution in [2.24, 2.45) is 0 Å². The Labute approximate surface area is 76.5 Å². The topological polar surface area (TPSA) is 55.1 Å². The number of carboxylic acids is 1. The van der Waals surface area contributed by atoms with Gasteiger partial charge in [0.25, 0.3) is 0 Å². The van der Waals surface area contributed by atoms with Crippen molar-refractivity contribution < 1.29 is 9.90 Å². The zero-order chi connectivity index (χ0) is 10.0. The van der Waals surface area contributed by atoms with Crippen LogP contribution >= 0.6 is 0 Å². The molecule has 0 atom stereocenters. The lowest BCUT2D eigenvalue weighted by Gasteiger charge is -2.03. The highest BCUT2D eigenvalue weighted by atomic mass is 16.4. The number of rotatable bonds is 3. The molecule has 0 aromatic carbocycles. The minimum atomic E-state index is -1.03. The van der Waals surface area contributed by atoms with Gasteiger partial charge >= 0.3 is 5.97 Å². The fourth-order valence-electron chi connectivity index (χ4n) is 0.885. The smallest absolute Gasteiger partial charge is 0.337 e. The maximum atomic E-state index is 10.5. The summed E-state index contributed by atoms with van der Waals surface area (Å²) in [5.74, 6) is -1.03. The van der Waals surface area contributed by atoms with Crippen LogP contribution < -0.4 is 0 Å². The summed E-state index contributed by atoms with van der Waals surface area (Å²) >= 11 is 0. The molecule has 0 fully saturated rings. The number of aliphatic carboxylic acids is 1. The van der Waals surface area contributed by atoms with Crippen LogP contribution in [-0.2, 0) is 4.79 Å². The number of nitrogens with zero attached hydrogens (tertiary/aromatic N) is 2. The third-order valence-electron chi connectivity index (χ3n) is 1.77. The van der Waals surface area contributed by atoms with Crippen LogP contribution in [-0.4, -0.2) is 20.6 Å². The van der Waals surface area contributed by atoms with E-state index < -0.39 is 5.97 Å². The first-order chi connectivity index (χ1) is 6.02. The monoisotopic (exact) mass is 180 g/mol. The van der Waals surface area contributed by atoms with Gasteiger partial charge in [0.15, 0.2) is 0 Å². The van der Waals surface area contributed by atoms with E-state index in [4.69, 9.17) is 5.11 Å². The van der Waals surface area contributed by atoms with Gasteiger partial charge < -0.3 is 9.67 Å². The summed E-state index contributed by atoms with van der Waals surface area (Å²) < 4.78 is 1.84. The van der Waals surface area contributed by atoms with Gasteiger partial charge in [0.2, 0.25) is 0 Å². The van der Waals surface area contributed by atoms with Crippen molar-refractivity contribution in [1.29, 1.82) is 0 Å². The molecule has 0 radical (unpaired) electrons. The van der Waals surface area contributed by atoms with Gasteiger partial charge in [-0.2, -0.15) is 0 Å². The van der Waals surface area contributed by atoms with Crippen molar-refractivity contribution in [3.8, 4) is 0 Å². The van der Waals surface area contributed by atoms with E-state index in [0.717, 1.165) is 0 Å². The Bertz CT molecular complexity index is 339. The van der Waals surface area contributed by atoms with Crippen molar-refractivity contribution >= 4 is 11.5 Å². The van der Waals surface area contributed by atoms with Crippen molar-refractivity contribution in [3.05, 3.63) is 24.8 Å². The fraction of sp³-hybridized carbons (Fsp3) is 0.333. The Hall–Kier alpha value is -1.58.